The molecule has 0 saturated heterocycles. The molecule has 2 nitrogen and oxygen atoms in total. The molecule has 0 aliphatic heterocycles. The summed E-state index contributed by atoms with van der Waals surface area (Å²) in [7, 11) is 0. The number of hydrogen-bond acceptors (Lipinski definition) is 2. The molecule has 0 fully saturated rings. The highest BCUT2D eigenvalue weighted by Crippen LogP contribution is 2.30. The molecule has 17 heavy (non-hydrogen) atoms. The van der Waals surface area contributed by atoms with Crippen LogP contribution < -0.4 is 0 Å². The van der Waals surface area contributed by atoms with Crippen LogP contribution in [0.5, 0.6) is 0 Å². The summed E-state index contributed by atoms with van der Waals surface area (Å²) in [6, 6.07) is 4.91. The van der Waals surface area contributed by atoms with Gasteiger partial charge in [0.05, 0.1) is 16.1 Å². The van der Waals surface area contributed by atoms with Crippen LogP contribution >= 0.6 is 23.2 Å². The molecule has 96 valence electrons. The average Bonchev–Trinajstić information content (AvgIpc) is 2.33. The van der Waals surface area contributed by atoms with E-state index in [4.69, 9.17) is 23.2 Å². The lowest BCUT2D eigenvalue weighted by atomic mass is 9.90. The maximum absolute atomic E-state index is 10.1. The van der Waals surface area contributed by atoms with Crippen LogP contribution in [0.3, 0.4) is 0 Å². The molecule has 0 aliphatic rings. The first-order valence-corrected chi connectivity index (χ1v) is 6.57. The van der Waals surface area contributed by atoms with Crippen molar-refractivity contribution in [2.45, 2.75) is 38.9 Å². The Bertz CT molecular complexity index is 364. The summed E-state index contributed by atoms with van der Waals surface area (Å²) in [5.41, 5.74) is 0.596. The van der Waals surface area contributed by atoms with Crippen LogP contribution in [0.15, 0.2) is 18.2 Å². The van der Waals surface area contributed by atoms with Gasteiger partial charge in [-0.25, -0.2) is 0 Å². The molecule has 4 heteroatoms. The molecule has 1 aromatic rings. The van der Waals surface area contributed by atoms with Gasteiger partial charge in [-0.3, -0.25) is 0 Å². The second-order valence-corrected chi connectivity index (χ2v) is 5.00. The monoisotopic (exact) mass is 276 g/mol. The second kappa shape index (κ2) is 6.60. The standard InChI is InChI=1S/C13H18Cl2O2/c1-3-8(4-2)12(16)13(17)9-5-6-10(14)11(15)7-9/h5-8,12-13,16-17H,3-4H2,1-2H3. The molecule has 0 heterocycles. The number of benzene rings is 1. The Morgan fingerprint density at radius 3 is 2.12 bits per heavy atom. The SMILES string of the molecule is CCC(CC)C(O)C(O)c1ccc(Cl)c(Cl)c1. The van der Waals surface area contributed by atoms with Crippen molar-refractivity contribution < 1.29 is 10.2 Å². The summed E-state index contributed by atoms with van der Waals surface area (Å²) in [6.07, 6.45) is -0.0385. The Balaban J connectivity index is 2.87. The van der Waals surface area contributed by atoms with Crippen molar-refractivity contribution >= 4 is 23.2 Å². The topological polar surface area (TPSA) is 40.5 Å². The molecular weight excluding hydrogens is 259 g/mol. The van der Waals surface area contributed by atoms with E-state index >= 15 is 0 Å². The first-order chi connectivity index (χ1) is 8.01. The number of hydrogen-bond donors (Lipinski definition) is 2. The minimum absolute atomic E-state index is 0.0828. The number of aliphatic hydroxyl groups is 2. The van der Waals surface area contributed by atoms with E-state index in [-0.39, 0.29) is 5.92 Å². The van der Waals surface area contributed by atoms with Crippen LogP contribution in [0.2, 0.25) is 10.0 Å². The van der Waals surface area contributed by atoms with Gasteiger partial charge in [0, 0.05) is 0 Å². The predicted molar refractivity (Wildman–Crippen MR) is 71.5 cm³/mol. The summed E-state index contributed by atoms with van der Waals surface area (Å²) in [4.78, 5) is 0. The Morgan fingerprint density at radius 1 is 1.06 bits per heavy atom. The third-order valence-corrected chi connectivity index (χ3v) is 3.88. The van der Waals surface area contributed by atoms with Crippen molar-refractivity contribution in [2.24, 2.45) is 5.92 Å². The van der Waals surface area contributed by atoms with Crippen molar-refractivity contribution in [1.29, 1.82) is 0 Å². The number of rotatable bonds is 5. The normalized spacial score (nSPS) is 15.0. The first-order valence-electron chi connectivity index (χ1n) is 5.82. The van der Waals surface area contributed by atoms with E-state index in [9.17, 15) is 10.2 Å². The van der Waals surface area contributed by atoms with Crippen LogP contribution in [0, 0.1) is 5.92 Å². The van der Waals surface area contributed by atoms with E-state index in [1.165, 1.54) is 0 Å². The molecule has 0 aliphatic carbocycles. The minimum atomic E-state index is -0.922. The van der Waals surface area contributed by atoms with Gasteiger partial charge in [0.2, 0.25) is 0 Å². The summed E-state index contributed by atoms with van der Waals surface area (Å²) in [6.45, 7) is 4.00. The van der Waals surface area contributed by atoms with Crippen LogP contribution in [0.1, 0.15) is 38.4 Å². The third kappa shape index (κ3) is 3.59. The van der Waals surface area contributed by atoms with Crippen molar-refractivity contribution in [2.75, 3.05) is 0 Å². The van der Waals surface area contributed by atoms with Crippen molar-refractivity contribution in [3.8, 4) is 0 Å². The van der Waals surface area contributed by atoms with Crippen molar-refractivity contribution in [3.05, 3.63) is 33.8 Å². The fourth-order valence-corrected chi connectivity index (χ4v) is 2.23. The van der Waals surface area contributed by atoms with E-state index in [0.29, 0.717) is 15.6 Å². The zero-order chi connectivity index (χ0) is 13.0. The van der Waals surface area contributed by atoms with Crippen LogP contribution in [-0.2, 0) is 0 Å². The molecule has 0 bridgehead atoms. The molecule has 2 N–H and O–H groups in total. The summed E-state index contributed by atoms with van der Waals surface area (Å²) < 4.78 is 0. The number of halogens is 2. The fourth-order valence-electron chi connectivity index (χ4n) is 1.92. The summed E-state index contributed by atoms with van der Waals surface area (Å²) in [5.74, 6) is 0.0828. The average molecular weight is 277 g/mol. The lowest BCUT2D eigenvalue weighted by Crippen LogP contribution is -2.27. The quantitative estimate of drug-likeness (QED) is 0.858. The van der Waals surface area contributed by atoms with Crippen LogP contribution in [-0.4, -0.2) is 16.3 Å². The second-order valence-electron chi connectivity index (χ2n) is 4.19. The lowest BCUT2D eigenvalue weighted by molar-refractivity contribution is -0.0209. The highest BCUT2D eigenvalue weighted by molar-refractivity contribution is 6.42. The Hall–Kier alpha value is -0.280. The smallest absolute Gasteiger partial charge is 0.105 e. The highest BCUT2D eigenvalue weighted by Gasteiger charge is 2.25. The molecule has 1 rings (SSSR count). The van der Waals surface area contributed by atoms with Gasteiger partial charge in [-0.1, -0.05) is 56.0 Å². The highest BCUT2D eigenvalue weighted by atomic mass is 35.5. The predicted octanol–water partition coefficient (Wildman–Crippen LogP) is 3.82. The molecule has 2 unspecified atom stereocenters. The summed E-state index contributed by atoms with van der Waals surface area (Å²) >= 11 is 11.7. The van der Waals surface area contributed by atoms with Gasteiger partial charge >= 0.3 is 0 Å². The Morgan fingerprint density at radius 2 is 1.65 bits per heavy atom. The molecular formula is C13H18Cl2O2. The Kier molecular flexibility index (Phi) is 5.74. The van der Waals surface area contributed by atoms with Gasteiger partial charge in [0.25, 0.3) is 0 Å². The van der Waals surface area contributed by atoms with Crippen LogP contribution in [0.4, 0.5) is 0 Å². The number of aliphatic hydroxyl groups excluding tert-OH is 2. The van der Waals surface area contributed by atoms with Crippen molar-refractivity contribution in [1.82, 2.24) is 0 Å². The van der Waals surface area contributed by atoms with E-state index in [2.05, 4.69) is 0 Å². The molecule has 0 spiro atoms. The van der Waals surface area contributed by atoms with Gasteiger partial charge in [-0.15, -0.1) is 0 Å². The van der Waals surface area contributed by atoms with Gasteiger partial charge in [0.15, 0.2) is 0 Å². The Labute approximate surface area is 112 Å². The zero-order valence-corrected chi connectivity index (χ0v) is 11.5. The molecule has 0 aromatic heterocycles. The largest absolute Gasteiger partial charge is 0.390 e. The molecule has 2 atom stereocenters. The molecule has 1 aromatic carbocycles. The van der Waals surface area contributed by atoms with E-state index in [1.54, 1.807) is 18.2 Å². The van der Waals surface area contributed by atoms with Crippen molar-refractivity contribution in [3.63, 3.8) is 0 Å². The third-order valence-electron chi connectivity index (χ3n) is 3.14. The van der Waals surface area contributed by atoms with Gasteiger partial charge < -0.3 is 10.2 Å². The maximum atomic E-state index is 10.1. The lowest BCUT2D eigenvalue weighted by Gasteiger charge is -2.25. The minimum Gasteiger partial charge on any atom is -0.390 e. The fraction of sp³-hybridized carbons (Fsp3) is 0.538. The molecule has 0 amide bonds. The van der Waals surface area contributed by atoms with E-state index < -0.39 is 12.2 Å². The van der Waals surface area contributed by atoms with Gasteiger partial charge in [-0.05, 0) is 23.6 Å². The van der Waals surface area contributed by atoms with Gasteiger partial charge in [0.1, 0.15) is 6.10 Å². The maximum Gasteiger partial charge on any atom is 0.105 e. The van der Waals surface area contributed by atoms with E-state index in [1.807, 2.05) is 13.8 Å². The van der Waals surface area contributed by atoms with E-state index in [0.717, 1.165) is 12.8 Å². The van der Waals surface area contributed by atoms with Gasteiger partial charge in [-0.2, -0.15) is 0 Å². The summed E-state index contributed by atoms with van der Waals surface area (Å²) in [5, 5.41) is 21.0. The zero-order valence-electron chi connectivity index (χ0n) is 10.0. The first kappa shape index (κ1) is 14.8. The van der Waals surface area contributed by atoms with Crippen LogP contribution in [0.25, 0.3) is 0 Å². The molecule has 0 saturated carbocycles. The molecule has 0 radical (unpaired) electrons.